The van der Waals surface area contributed by atoms with Crippen LogP contribution in [-0.4, -0.2) is 51.3 Å². The van der Waals surface area contributed by atoms with Crippen LogP contribution in [0.3, 0.4) is 0 Å². The van der Waals surface area contributed by atoms with Gasteiger partial charge >= 0.3 is 0 Å². The number of rotatable bonds is 7. The van der Waals surface area contributed by atoms with Crippen LogP contribution in [-0.2, 0) is 0 Å². The van der Waals surface area contributed by atoms with E-state index < -0.39 is 16.5 Å². The summed E-state index contributed by atoms with van der Waals surface area (Å²) in [5.74, 6) is 0. The van der Waals surface area contributed by atoms with Crippen molar-refractivity contribution in [1.29, 1.82) is 0 Å². The number of hydrogen-bond donors (Lipinski definition) is 0. The number of hydrogen-bond acceptors (Lipinski definition) is 4. The normalized spacial score (nSPS) is 14.5. The van der Waals surface area contributed by atoms with E-state index in [-0.39, 0.29) is 0 Å². The molecule has 0 aliphatic heterocycles. The highest BCUT2D eigenvalue weighted by atomic mass is 28.3. The molecule has 0 aromatic rings. The Hall–Kier alpha value is -0.626. The Balaban J connectivity index is 5.29. The van der Waals surface area contributed by atoms with Crippen molar-refractivity contribution < 1.29 is 0 Å². The van der Waals surface area contributed by atoms with Gasteiger partial charge in [-0.25, -0.2) is 0 Å². The molecule has 0 saturated heterocycles. The highest BCUT2D eigenvalue weighted by molar-refractivity contribution is 6.73. The molecule has 0 aromatic heterocycles. The molecule has 0 amide bonds. The van der Waals surface area contributed by atoms with Crippen LogP contribution in [0, 0.1) is 0 Å². The van der Waals surface area contributed by atoms with Crippen molar-refractivity contribution in [1.82, 2.24) is 9.35 Å². The summed E-state index contributed by atoms with van der Waals surface area (Å²) in [6.07, 6.45) is 2.09. The summed E-state index contributed by atoms with van der Waals surface area (Å²) in [5.41, 5.74) is 2.18. The second kappa shape index (κ2) is 7.40. The Morgan fingerprint density at radius 3 is 1.60 bits per heavy atom. The predicted molar refractivity (Wildman–Crippen MR) is 97.7 cm³/mol. The lowest BCUT2D eigenvalue weighted by molar-refractivity contribution is 0.541. The Morgan fingerprint density at radius 2 is 1.25 bits per heavy atom. The molecule has 0 unspecified atom stereocenters. The van der Waals surface area contributed by atoms with Crippen molar-refractivity contribution in [2.45, 2.75) is 66.0 Å². The van der Waals surface area contributed by atoms with E-state index in [4.69, 9.17) is 10.2 Å². The van der Waals surface area contributed by atoms with Crippen molar-refractivity contribution >= 4 is 27.9 Å². The topological polar surface area (TPSA) is 31.2 Å². The SMILES string of the molecule is CCCC(=NN(C)[Si](C)(C)C)C(C)=NN(C)[Si](C)(C)C. The van der Waals surface area contributed by atoms with Crippen molar-refractivity contribution in [2.75, 3.05) is 14.1 Å². The van der Waals surface area contributed by atoms with Gasteiger partial charge in [-0.15, -0.1) is 0 Å². The van der Waals surface area contributed by atoms with Crippen molar-refractivity contribution in [3.8, 4) is 0 Å². The minimum atomic E-state index is -1.39. The maximum atomic E-state index is 4.84. The van der Waals surface area contributed by atoms with Crippen LogP contribution in [0.5, 0.6) is 0 Å². The smallest absolute Gasteiger partial charge is 0.168 e. The van der Waals surface area contributed by atoms with Crippen LogP contribution in [0.2, 0.25) is 39.3 Å². The first-order chi connectivity index (χ1) is 8.89. The minimum Gasteiger partial charge on any atom is -0.327 e. The van der Waals surface area contributed by atoms with Gasteiger partial charge in [0.2, 0.25) is 0 Å². The Morgan fingerprint density at radius 1 is 0.850 bits per heavy atom. The minimum absolute atomic E-state index is 0.990. The first-order valence-corrected chi connectivity index (χ1v) is 14.4. The molecule has 0 saturated carbocycles. The maximum Gasteiger partial charge on any atom is 0.168 e. The zero-order chi connectivity index (χ0) is 16.1. The molecule has 0 atom stereocenters. The molecule has 0 aliphatic rings. The summed E-state index contributed by atoms with van der Waals surface area (Å²) in [4.78, 5) is 0. The van der Waals surface area contributed by atoms with Gasteiger partial charge in [0.15, 0.2) is 16.5 Å². The summed E-state index contributed by atoms with van der Waals surface area (Å²) in [6, 6.07) is 0. The number of nitrogens with zero attached hydrogens (tertiary/aromatic N) is 4. The fraction of sp³-hybridized carbons (Fsp3) is 0.857. The Labute approximate surface area is 128 Å². The second-order valence-electron chi connectivity index (χ2n) is 7.37. The summed E-state index contributed by atoms with van der Waals surface area (Å²) < 4.78 is 4.33. The molecule has 0 heterocycles. The molecule has 118 valence electrons. The predicted octanol–water partition coefficient (Wildman–Crippen LogP) is 4.05. The van der Waals surface area contributed by atoms with E-state index in [2.05, 4.69) is 76.6 Å². The van der Waals surface area contributed by atoms with Gasteiger partial charge in [0.1, 0.15) is 0 Å². The molecular weight excluding hydrogens is 280 g/mol. The average Bonchev–Trinajstić information content (AvgIpc) is 2.25. The summed E-state index contributed by atoms with van der Waals surface area (Å²) in [5, 5.41) is 9.61. The van der Waals surface area contributed by atoms with E-state index in [1.165, 1.54) is 0 Å². The van der Waals surface area contributed by atoms with Gasteiger partial charge in [-0.2, -0.15) is 10.2 Å². The van der Waals surface area contributed by atoms with Gasteiger partial charge in [0.05, 0.1) is 11.4 Å². The zero-order valence-corrected chi connectivity index (χ0v) is 17.2. The van der Waals surface area contributed by atoms with Crippen molar-refractivity contribution in [2.24, 2.45) is 10.2 Å². The van der Waals surface area contributed by atoms with E-state index in [1.807, 2.05) is 0 Å². The monoisotopic (exact) mass is 314 g/mol. The summed E-state index contributed by atoms with van der Waals surface area (Å²) >= 11 is 0. The second-order valence-corrected chi connectivity index (χ2v) is 17.3. The fourth-order valence-corrected chi connectivity index (χ4v) is 2.17. The Bertz CT molecular complexity index is 364. The molecule has 0 aliphatic carbocycles. The van der Waals surface area contributed by atoms with Gasteiger partial charge in [-0.3, -0.25) is 0 Å². The van der Waals surface area contributed by atoms with Gasteiger partial charge in [0.25, 0.3) is 0 Å². The molecule has 4 nitrogen and oxygen atoms in total. The highest BCUT2D eigenvalue weighted by Crippen LogP contribution is 2.11. The van der Waals surface area contributed by atoms with Crippen LogP contribution in [0.4, 0.5) is 0 Å². The fourth-order valence-electron chi connectivity index (χ4n) is 1.30. The van der Waals surface area contributed by atoms with Crippen LogP contribution < -0.4 is 0 Å². The molecule has 0 aromatic carbocycles. The molecule has 6 heteroatoms. The van der Waals surface area contributed by atoms with Crippen LogP contribution in [0.15, 0.2) is 10.2 Å². The quantitative estimate of drug-likeness (QED) is 0.403. The lowest BCUT2D eigenvalue weighted by atomic mass is 10.1. The summed E-state index contributed by atoms with van der Waals surface area (Å²) in [6.45, 7) is 18.1. The van der Waals surface area contributed by atoms with E-state index in [0.29, 0.717) is 0 Å². The molecule has 0 bridgehead atoms. The van der Waals surface area contributed by atoms with E-state index >= 15 is 0 Å². The van der Waals surface area contributed by atoms with Crippen LogP contribution >= 0.6 is 0 Å². The molecule has 0 fully saturated rings. The van der Waals surface area contributed by atoms with Crippen molar-refractivity contribution in [3.05, 3.63) is 0 Å². The van der Waals surface area contributed by atoms with Gasteiger partial charge in [0, 0.05) is 14.1 Å². The molecule has 0 rings (SSSR count). The highest BCUT2D eigenvalue weighted by Gasteiger charge is 2.22. The lowest BCUT2D eigenvalue weighted by Gasteiger charge is -2.30. The average molecular weight is 315 g/mol. The maximum absolute atomic E-state index is 4.84. The van der Waals surface area contributed by atoms with Gasteiger partial charge < -0.3 is 9.35 Å². The van der Waals surface area contributed by atoms with Crippen molar-refractivity contribution in [3.63, 3.8) is 0 Å². The van der Waals surface area contributed by atoms with Gasteiger partial charge in [-0.05, 0) is 13.3 Å². The third-order valence-electron chi connectivity index (χ3n) is 3.42. The standard InChI is InChI=1S/C14H34N4Si2/c1-11-12-14(16-18(4)20(8,9)10)13(2)15-17(3)19(5,6)7/h11-12H2,1-10H3. The third-order valence-corrected chi connectivity index (χ3v) is 7.50. The first kappa shape index (κ1) is 19.4. The molecule has 0 N–H and O–H groups in total. The number of hydrazone groups is 2. The van der Waals surface area contributed by atoms with Crippen LogP contribution in [0.25, 0.3) is 0 Å². The van der Waals surface area contributed by atoms with E-state index in [9.17, 15) is 0 Å². The summed E-state index contributed by atoms with van der Waals surface area (Å²) in [7, 11) is 1.41. The van der Waals surface area contributed by atoms with Gasteiger partial charge in [-0.1, -0.05) is 52.6 Å². The molecular formula is C14H34N4Si2. The zero-order valence-electron chi connectivity index (χ0n) is 15.2. The molecule has 0 radical (unpaired) electrons. The first-order valence-electron chi connectivity index (χ1n) is 7.50. The third kappa shape index (κ3) is 6.70. The largest absolute Gasteiger partial charge is 0.327 e. The lowest BCUT2D eigenvalue weighted by Crippen LogP contribution is -2.42. The molecule has 20 heavy (non-hydrogen) atoms. The Kier molecular flexibility index (Phi) is 7.17. The van der Waals surface area contributed by atoms with Crippen LogP contribution in [0.1, 0.15) is 26.7 Å². The molecule has 0 spiro atoms. The van der Waals surface area contributed by atoms with E-state index in [0.717, 1.165) is 24.3 Å². The van der Waals surface area contributed by atoms with E-state index in [1.54, 1.807) is 0 Å².